The molecule has 25 heavy (non-hydrogen) atoms. The molecule has 2 aliphatic carbocycles. The summed E-state index contributed by atoms with van der Waals surface area (Å²) in [6.07, 6.45) is 10.7. The molecule has 2 saturated carbocycles. The van der Waals surface area contributed by atoms with Gasteiger partial charge in [0, 0.05) is 46.5 Å². The van der Waals surface area contributed by atoms with E-state index in [0.717, 1.165) is 70.5 Å². The van der Waals surface area contributed by atoms with Crippen molar-refractivity contribution in [1.29, 1.82) is 0 Å². The molecule has 0 unspecified atom stereocenters. The molecule has 0 radical (unpaired) electrons. The quantitative estimate of drug-likeness (QED) is 0.394. The minimum atomic E-state index is 0.403. The molecule has 5 heteroatoms. The van der Waals surface area contributed by atoms with E-state index in [1.54, 1.807) is 7.11 Å². The number of guanidine groups is 1. The molecule has 0 aromatic rings. The summed E-state index contributed by atoms with van der Waals surface area (Å²) in [7, 11) is 1.75. The SMILES string of the molecule is CCNC(=NCC1(C2CC2)CCC1)N1CCC(OCCCOC)CC1. The zero-order valence-electron chi connectivity index (χ0n) is 16.3. The molecule has 3 aliphatic rings. The monoisotopic (exact) mass is 351 g/mol. The number of piperidine rings is 1. The molecule has 0 aromatic carbocycles. The number of hydrogen-bond donors (Lipinski definition) is 1. The van der Waals surface area contributed by atoms with E-state index in [2.05, 4.69) is 17.1 Å². The lowest BCUT2D eigenvalue weighted by Crippen LogP contribution is -2.48. The van der Waals surface area contributed by atoms with Crippen molar-refractivity contribution >= 4 is 5.96 Å². The van der Waals surface area contributed by atoms with Gasteiger partial charge in [-0.3, -0.25) is 4.99 Å². The Bertz CT molecular complexity index is 425. The molecule has 1 heterocycles. The van der Waals surface area contributed by atoms with Gasteiger partial charge in [0.15, 0.2) is 5.96 Å². The van der Waals surface area contributed by atoms with Gasteiger partial charge in [0.25, 0.3) is 0 Å². The second kappa shape index (κ2) is 9.22. The lowest BCUT2D eigenvalue weighted by Gasteiger charge is -2.42. The molecule has 3 fully saturated rings. The highest BCUT2D eigenvalue weighted by molar-refractivity contribution is 5.80. The maximum Gasteiger partial charge on any atom is 0.193 e. The highest BCUT2D eigenvalue weighted by atomic mass is 16.5. The molecule has 0 amide bonds. The molecule has 1 N–H and O–H groups in total. The van der Waals surface area contributed by atoms with E-state index in [1.165, 1.54) is 32.1 Å². The van der Waals surface area contributed by atoms with Crippen molar-refractivity contribution in [3.05, 3.63) is 0 Å². The fourth-order valence-electron chi connectivity index (χ4n) is 4.37. The molecule has 0 aromatic heterocycles. The molecule has 3 rings (SSSR count). The Labute approximate surface area is 153 Å². The van der Waals surface area contributed by atoms with Gasteiger partial charge < -0.3 is 19.7 Å². The number of methoxy groups -OCH3 is 1. The molecule has 144 valence electrons. The maximum absolute atomic E-state index is 5.99. The number of nitrogens with one attached hydrogen (secondary N) is 1. The summed E-state index contributed by atoms with van der Waals surface area (Å²) in [5.41, 5.74) is 0.559. The summed E-state index contributed by atoms with van der Waals surface area (Å²) in [6.45, 7) is 7.86. The largest absolute Gasteiger partial charge is 0.385 e. The first-order chi connectivity index (χ1) is 12.3. The van der Waals surface area contributed by atoms with Gasteiger partial charge in [0.05, 0.1) is 6.10 Å². The van der Waals surface area contributed by atoms with Crippen LogP contribution in [0.15, 0.2) is 4.99 Å². The predicted octanol–water partition coefficient (Wildman–Crippen LogP) is 3.05. The van der Waals surface area contributed by atoms with Gasteiger partial charge in [0.2, 0.25) is 0 Å². The molecular formula is C20H37N3O2. The number of ether oxygens (including phenoxy) is 2. The lowest BCUT2D eigenvalue weighted by atomic mass is 9.65. The number of rotatable bonds is 9. The van der Waals surface area contributed by atoms with E-state index in [-0.39, 0.29) is 0 Å². The predicted molar refractivity (Wildman–Crippen MR) is 102 cm³/mol. The van der Waals surface area contributed by atoms with Crippen molar-refractivity contribution in [2.45, 2.75) is 64.4 Å². The molecule has 5 nitrogen and oxygen atoms in total. The zero-order chi connectivity index (χ0) is 17.5. The van der Waals surface area contributed by atoms with Crippen molar-refractivity contribution < 1.29 is 9.47 Å². The van der Waals surface area contributed by atoms with Crippen LogP contribution < -0.4 is 5.32 Å². The summed E-state index contributed by atoms with van der Waals surface area (Å²) in [5.74, 6) is 2.10. The van der Waals surface area contributed by atoms with Crippen LogP contribution in [0.25, 0.3) is 0 Å². The smallest absolute Gasteiger partial charge is 0.193 e. The van der Waals surface area contributed by atoms with Crippen LogP contribution >= 0.6 is 0 Å². The van der Waals surface area contributed by atoms with E-state index < -0.39 is 0 Å². The number of nitrogens with zero attached hydrogens (tertiary/aromatic N) is 2. The van der Waals surface area contributed by atoms with Crippen molar-refractivity contribution in [3.63, 3.8) is 0 Å². The molecule has 1 saturated heterocycles. The van der Waals surface area contributed by atoms with Crippen LogP contribution in [0.2, 0.25) is 0 Å². The van der Waals surface area contributed by atoms with Gasteiger partial charge in [-0.1, -0.05) is 6.42 Å². The molecular weight excluding hydrogens is 314 g/mol. The van der Waals surface area contributed by atoms with Crippen molar-refractivity contribution in [3.8, 4) is 0 Å². The summed E-state index contributed by atoms with van der Waals surface area (Å²) in [5, 5.41) is 3.53. The fraction of sp³-hybridized carbons (Fsp3) is 0.950. The molecule has 1 aliphatic heterocycles. The van der Waals surface area contributed by atoms with Crippen molar-refractivity contribution in [2.75, 3.05) is 46.5 Å². The van der Waals surface area contributed by atoms with Crippen LogP contribution in [0.1, 0.15) is 58.3 Å². The van der Waals surface area contributed by atoms with E-state index in [9.17, 15) is 0 Å². The third-order valence-electron chi connectivity index (χ3n) is 6.26. The average Bonchev–Trinajstić information content (AvgIpc) is 3.43. The summed E-state index contributed by atoms with van der Waals surface area (Å²) < 4.78 is 11.1. The Balaban J connectivity index is 1.45. The Kier molecular flexibility index (Phi) is 7.00. The molecule has 0 atom stereocenters. The van der Waals surface area contributed by atoms with Crippen LogP contribution in [-0.2, 0) is 9.47 Å². The van der Waals surface area contributed by atoms with Crippen LogP contribution in [0.4, 0.5) is 0 Å². The Morgan fingerprint density at radius 2 is 1.92 bits per heavy atom. The topological polar surface area (TPSA) is 46.1 Å². The van der Waals surface area contributed by atoms with Crippen LogP contribution in [0.5, 0.6) is 0 Å². The second-order valence-corrected chi connectivity index (χ2v) is 8.06. The van der Waals surface area contributed by atoms with Gasteiger partial charge in [0.1, 0.15) is 0 Å². The van der Waals surface area contributed by atoms with Crippen LogP contribution in [0.3, 0.4) is 0 Å². The van der Waals surface area contributed by atoms with E-state index in [1.807, 2.05) is 0 Å². The van der Waals surface area contributed by atoms with Gasteiger partial charge in [-0.2, -0.15) is 0 Å². The van der Waals surface area contributed by atoms with Crippen LogP contribution in [0, 0.1) is 11.3 Å². The number of aliphatic imine (C=N–C) groups is 1. The lowest BCUT2D eigenvalue weighted by molar-refractivity contribution is 0.00980. The van der Waals surface area contributed by atoms with E-state index >= 15 is 0 Å². The second-order valence-electron chi connectivity index (χ2n) is 8.06. The minimum absolute atomic E-state index is 0.403. The van der Waals surface area contributed by atoms with Crippen molar-refractivity contribution in [2.24, 2.45) is 16.3 Å². The Morgan fingerprint density at radius 3 is 2.48 bits per heavy atom. The van der Waals surface area contributed by atoms with Gasteiger partial charge >= 0.3 is 0 Å². The fourth-order valence-corrected chi connectivity index (χ4v) is 4.37. The van der Waals surface area contributed by atoms with Gasteiger partial charge in [-0.15, -0.1) is 0 Å². The summed E-state index contributed by atoms with van der Waals surface area (Å²) in [4.78, 5) is 7.52. The minimum Gasteiger partial charge on any atom is -0.385 e. The standard InChI is InChI=1S/C20H37N3O2/c1-3-21-19(22-16-20(10-4-11-20)17-6-7-17)23-12-8-18(9-13-23)25-15-5-14-24-2/h17-18H,3-16H2,1-2H3,(H,21,22). The maximum atomic E-state index is 5.99. The Morgan fingerprint density at radius 1 is 1.16 bits per heavy atom. The van der Waals surface area contributed by atoms with Crippen molar-refractivity contribution in [1.82, 2.24) is 10.2 Å². The third-order valence-corrected chi connectivity index (χ3v) is 6.26. The number of hydrogen-bond acceptors (Lipinski definition) is 3. The molecule has 0 spiro atoms. The zero-order valence-corrected chi connectivity index (χ0v) is 16.3. The van der Waals surface area contributed by atoms with E-state index in [4.69, 9.17) is 14.5 Å². The normalized spacial score (nSPS) is 24.2. The highest BCUT2D eigenvalue weighted by Gasteiger charge is 2.48. The third kappa shape index (κ3) is 5.10. The summed E-state index contributed by atoms with van der Waals surface area (Å²) >= 11 is 0. The summed E-state index contributed by atoms with van der Waals surface area (Å²) in [6, 6.07) is 0. The first kappa shape index (κ1) is 19.0. The average molecular weight is 352 g/mol. The first-order valence-corrected chi connectivity index (χ1v) is 10.4. The van der Waals surface area contributed by atoms with Crippen LogP contribution in [-0.4, -0.2) is 63.5 Å². The number of likely N-dealkylation sites (tertiary alicyclic amines) is 1. The Hall–Kier alpha value is -0.810. The van der Waals surface area contributed by atoms with Gasteiger partial charge in [-0.25, -0.2) is 0 Å². The molecule has 0 bridgehead atoms. The van der Waals surface area contributed by atoms with Gasteiger partial charge in [-0.05, 0) is 63.2 Å². The highest BCUT2D eigenvalue weighted by Crippen LogP contribution is 2.57. The first-order valence-electron chi connectivity index (χ1n) is 10.4. The van der Waals surface area contributed by atoms with E-state index in [0.29, 0.717) is 11.5 Å².